The fraction of sp³-hybridized carbons (Fsp3) is 0.857. The summed E-state index contributed by atoms with van der Waals surface area (Å²) in [5.74, 6) is 1.35. The number of hydrogen-bond acceptors (Lipinski definition) is 4. The van der Waals surface area contributed by atoms with E-state index in [4.69, 9.17) is 5.14 Å². The Kier molecular flexibility index (Phi) is 4.72. The van der Waals surface area contributed by atoms with Gasteiger partial charge in [0.1, 0.15) is 5.82 Å². The van der Waals surface area contributed by atoms with Gasteiger partial charge < -0.3 is 4.57 Å². The van der Waals surface area contributed by atoms with Crippen LogP contribution in [0.4, 0.5) is 0 Å². The highest BCUT2D eigenvalue weighted by atomic mass is 32.2. The summed E-state index contributed by atoms with van der Waals surface area (Å²) >= 11 is 0. The smallest absolute Gasteiger partial charge is 0.273 e. The van der Waals surface area contributed by atoms with E-state index >= 15 is 0 Å². The molecule has 0 amide bonds. The first-order valence-corrected chi connectivity index (χ1v) is 9.31. The van der Waals surface area contributed by atoms with Crippen LogP contribution in [-0.4, -0.2) is 23.2 Å². The Morgan fingerprint density at radius 2 is 1.90 bits per heavy atom. The van der Waals surface area contributed by atoms with Gasteiger partial charge in [-0.25, -0.2) is 13.6 Å². The topological polar surface area (TPSA) is 90.9 Å². The summed E-state index contributed by atoms with van der Waals surface area (Å²) < 4.78 is 25.2. The molecule has 1 fully saturated rings. The van der Waals surface area contributed by atoms with E-state index in [0.29, 0.717) is 12.5 Å². The SMILES string of the molecule is CCCn1c(C2(CC(C)C)CCCC2)nnc1S(N)(=O)=O. The van der Waals surface area contributed by atoms with Crippen molar-refractivity contribution in [2.75, 3.05) is 0 Å². The van der Waals surface area contributed by atoms with E-state index in [1.54, 1.807) is 4.57 Å². The molecule has 1 aliphatic carbocycles. The molecule has 6 nitrogen and oxygen atoms in total. The lowest BCUT2D eigenvalue weighted by Crippen LogP contribution is -2.30. The monoisotopic (exact) mass is 314 g/mol. The second-order valence-electron chi connectivity index (χ2n) is 6.59. The molecule has 21 heavy (non-hydrogen) atoms. The van der Waals surface area contributed by atoms with Crippen molar-refractivity contribution in [2.24, 2.45) is 11.1 Å². The van der Waals surface area contributed by atoms with Crippen LogP contribution in [0.5, 0.6) is 0 Å². The Morgan fingerprint density at radius 1 is 1.29 bits per heavy atom. The molecular formula is C14H26N4O2S. The third-order valence-corrected chi connectivity index (χ3v) is 5.06. The van der Waals surface area contributed by atoms with Gasteiger partial charge in [0.2, 0.25) is 0 Å². The minimum absolute atomic E-state index is 0.0424. The molecule has 0 atom stereocenters. The zero-order chi connectivity index (χ0) is 15.7. The van der Waals surface area contributed by atoms with E-state index < -0.39 is 10.0 Å². The molecule has 120 valence electrons. The van der Waals surface area contributed by atoms with E-state index in [1.807, 2.05) is 6.92 Å². The Hall–Kier alpha value is -0.950. The summed E-state index contributed by atoms with van der Waals surface area (Å²) in [5, 5.41) is 13.4. The first-order chi connectivity index (χ1) is 9.80. The molecule has 1 aliphatic rings. The van der Waals surface area contributed by atoms with Gasteiger partial charge in [0.15, 0.2) is 0 Å². The third kappa shape index (κ3) is 3.29. The van der Waals surface area contributed by atoms with Gasteiger partial charge in [-0.3, -0.25) is 0 Å². The largest absolute Gasteiger partial charge is 0.300 e. The number of sulfonamides is 1. The van der Waals surface area contributed by atoms with Crippen molar-refractivity contribution in [3.8, 4) is 0 Å². The van der Waals surface area contributed by atoms with E-state index in [-0.39, 0.29) is 10.6 Å². The minimum atomic E-state index is -3.83. The maximum atomic E-state index is 11.7. The number of nitrogens with zero attached hydrogens (tertiary/aromatic N) is 3. The van der Waals surface area contributed by atoms with Gasteiger partial charge in [0.05, 0.1) is 0 Å². The molecule has 2 rings (SSSR count). The Balaban J connectivity index is 2.53. The number of hydrogen-bond donors (Lipinski definition) is 1. The molecule has 0 aromatic carbocycles. The Labute approximate surface area is 127 Å². The maximum absolute atomic E-state index is 11.7. The summed E-state index contributed by atoms with van der Waals surface area (Å²) in [6.45, 7) is 7.00. The van der Waals surface area contributed by atoms with Gasteiger partial charge in [-0.05, 0) is 31.6 Å². The lowest BCUT2D eigenvalue weighted by Gasteiger charge is -2.30. The van der Waals surface area contributed by atoms with Crippen LogP contribution in [-0.2, 0) is 22.0 Å². The van der Waals surface area contributed by atoms with Crippen LogP contribution in [0.15, 0.2) is 5.16 Å². The quantitative estimate of drug-likeness (QED) is 0.871. The van der Waals surface area contributed by atoms with Gasteiger partial charge in [-0.2, -0.15) is 0 Å². The van der Waals surface area contributed by atoms with Gasteiger partial charge in [0.25, 0.3) is 15.2 Å². The molecule has 0 radical (unpaired) electrons. The van der Waals surface area contributed by atoms with Crippen LogP contribution in [0.3, 0.4) is 0 Å². The molecular weight excluding hydrogens is 288 g/mol. The fourth-order valence-corrected chi connectivity index (χ4v) is 4.31. The second kappa shape index (κ2) is 6.04. The van der Waals surface area contributed by atoms with Crippen LogP contribution >= 0.6 is 0 Å². The van der Waals surface area contributed by atoms with Crippen LogP contribution < -0.4 is 5.14 Å². The molecule has 1 heterocycles. The van der Waals surface area contributed by atoms with E-state index in [9.17, 15) is 8.42 Å². The summed E-state index contributed by atoms with van der Waals surface area (Å²) in [4.78, 5) is 0. The van der Waals surface area contributed by atoms with Crippen LogP contribution in [0.2, 0.25) is 0 Å². The van der Waals surface area contributed by atoms with Crippen LogP contribution in [0.1, 0.15) is 65.1 Å². The zero-order valence-electron chi connectivity index (χ0n) is 13.2. The molecule has 1 saturated carbocycles. The molecule has 2 N–H and O–H groups in total. The van der Waals surface area contributed by atoms with Crippen LogP contribution in [0, 0.1) is 5.92 Å². The van der Waals surface area contributed by atoms with Gasteiger partial charge in [-0.15, -0.1) is 10.2 Å². The van der Waals surface area contributed by atoms with Crippen molar-refractivity contribution in [3.05, 3.63) is 5.82 Å². The van der Waals surface area contributed by atoms with Crippen LogP contribution in [0.25, 0.3) is 0 Å². The summed E-state index contributed by atoms with van der Waals surface area (Å²) in [7, 11) is -3.83. The number of nitrogens with two attached hydrogens (primary N) is 1. The first-order valence-electron chi connectivity index (χ1n) is 7.76. The summed E-state index contributed by atoms with van der Waals surface area (Å²) in [5.41, 5.74) is -0.0424. The van der Waals surface area contributed by atoms with Crippen molar-refractivity contribution < 1.29 is 8.42 Å². The average molecular weight is 314 g/mol. The van der Waals surface area contributed by atoms with Crippen molar-refractivity contribution in [3.63, 3.8) is 0 Å². The highest BCUT2D eigenvalue weighted by Crippen LogP contribution is 2.45. The Morgan fingerprint density at radius 3 is 2.38 bits per heavy atom. The summed E-state index contributed by atoms with van der Waals surface area (Å²) in [6, 6.07) is 0. The second-order valence-corrected chi connectivity index (χ2v) is 8.04. The highest BCUT2D eigenvalue weighted by Gasteiger charge is 2.41. The molecule has 0 spiro atoms. The minimum Gasteiger partial charge on any atom is -0.300 e. The highest BCUT2D eigenvalue weighted by molar-refractivity contribution is 7.89. The maximum Gasteiger partial charge on any atom is 0.273 e. The number of rotatable bonds is 6. The molecule has 0 bridgehead atoms. The normalized spacial score (nSPS) is 18.5. The van der Waals surface area contributed by atoms with Gasteiger partial charge in [-0.1, -0.05) is 33.6 Å². The molecule has 0 unspecified atom stereocenters. The predicted octanol–water partition coefficient (Wildman–Crippen LogP) is 2.19. The van der Waals surface area contributed by atoms with Gasteiger partial charge in [0, 0.05) is 12.0 Å². The van der Waals surface area contributed by atoms with E-state index in [2.05, 4.69) is 24.0 Å². The average Bonchev–Trinajstić information content (AvgIpc) is 2.95. The fourth-order valence-electron chi connectivity index (χ4n) is 3.67. The third-order valence-electron chi connectivity index (χ3n) is 4.25. The lowest BCUT2D eigenvalue weighted by molar-refractivity contribution is 0.313. The number of aromatic nitrogens is 3. The Bertz CT molecular complexity index is 586. The molecule has 0 aliphatic heterocycles. The van der Waals surface area contributed by atoms with E-state index in [1.165, 1.54) is 0 Å². The lowest BCUT2D eigenvalue weighted by atomic mass is 9.77. The number of primary sulfonamides is 1. The van der Waals surface area contributed by atoms with E-state index in [0.717, 1.165) is 44.3 Å². The van der Waals surface area contributed by atoms with Crippen molar-refractivity contribution in [1.29, 1.82) is 0 Å². The van der Waals surface area contributed by atoms with Gasteiger partial charge >= 0.3 is 0 Å². The first kappa shape index (κ1) is 16.4. The molecule has 7 heteroatoms. The molecule has 0 saturated heterocycles. The predicted molar refractivity (Wildman–Crippen MR) is 81.3 cm³/mol. The molecule has 1 aromatic heterocycles. The summed E-state index contributed by atoms with van der Waals surface area (Å²) in [6.07, 6.45) is 6.27. The van der Waals surface area contributed by atoms with Crippen molar-refractivity contribution in [1.82, 2.24) is 14.8 Å². The van der Waals surface area contributed by atoms with Crippen molar-refractivity contribution >= 4 is 10.0 Å². The molecule has 1 aromatic rings. The zero-order valence-corrected chi connectivity index (χ0v) is 14.0. The standard InChI is InChI=1S/C14H26N4O2S/c1-4-9-18-12(16-17-13(18)21(15,19)20)14(10-11(2)3)7-5-6-8-14/h11H,4-10H2,1-3H3,(H2,15,19,20). The van der Waals surface area contributed by atoms with Crippen molar-refractivity contribution in [2.45, 2.75) is 76.4 Å².